The topological polar surface area (TPSA) is 97.4 Å². The van der Waals surface area contributed by atoms with E-state index in [9.17, 15) is 17.6 Å². The van der Waals surface area contributed by atoms with Crippen LogP contribution in [0.2, 0.25) is 0 Å². The molecule has 1 aromatic heterocycles. The summed E-state index contributed by atoms with van der Waals surface area (Å²) in [6.45, 7) is 0. The third kappa shape index (κ3) is 3.92. The average molecular weight is 395 g/mol. The number of hydrogen-bond acceptors (Lipinski definition) is 7. The van der Waals surface area contributed by atoms with Gasteiger partial charge in [-0.3, -0.25) is 15.6 Å². The Balaban J connectivity index is 1.66. The maximum Gasteiger partial charge on any atom is 0.253 e. The number of carbonyl (C=O) groups is 1. The van der Waals surface area contributed by atoms with Crippen LogP contribution < -0.4 is 15.6 Å². The number of halogens is 1. The number of ether oxygens (including phenoxy) is 1. The van der Waals surface area contributed by atoms with Crippen molar-refractivity contribution in [1.82, 2.24) is 10.4 Å². The van der Waals surface area contributed by atoms with Gasteiger partial charge in [-0.2, -0.15) is 0 Å². The fourth-order valence-corrected chi connectivity index (χ4v) is 4.17. The van der Waals surface area contributed by atoms with Crippen LogP contribution in [0.25, 0.3) is 10.2 Å². The number of amides is 1. The first-order valence-corrected chi connectivity index (χ1v) is 9.82. The molecule has 3 rings (SSSR count). The highest BCUT2D eigenvalue weighted by Gasteiger charge is 2.19. The van der Waals surface area contributed by atoms with Crippen LogP contribution in [0.1, 0.15) is 0 Å². The van der Waals surface area contributed by atoms with Crippen LogP contribution in [0, 0.1) is 5.82 Å². The number of sulfone groups is 1. The fourth-order valence-electron chi connectivity index (χ4n) is 2.20. The number of benzene rings is 2. The van der Waals surface area contributed by atoms with Crippen LogP contribution in [0.4, 0.5) is 9.52 Å². The number of carbonyl (C=O) groups excluding carboxylic acids is 1. The van der Waals surface area contributed by atoms with Crippen molar-refractivity contribution in [3.63, 3.8) is 0 Å². The molecule has 0 aliphatic rings. The Kier molecular flexibility index (Phi) is 5.05. The maximum absolute atomic E-state index is 12.9. The average Bonchev–Trinajstić information content (AvgIpc) is 3.03. The summed E-state index contributed by atoms with van der Waals surface area (Å²) in [4.78, 5) is 16.1. The van der Waals surface area contributed by atoms with E-state index in [1.165, 1.54) is 18.4 Å². The van der Waals surface area contributed by atoms with Gasteiger partial charge in [-0.05, 0) is 36.4 Å². The van der Waals surface area contributed by atoms with E-state index in [2.05, 4.69) is 15.8 Å². The molecule has 2 aromatic carbocycles. The number of hydrogen-bond donors (Lipinski definition) is 2. The zero-order chi connectivity index (χ0) is 18.7. The molecule has 0 unspecified atom stereocenters. The fraction of sp³-hybridized carbons (Fsp3) is 0.125. The van der Waals surface area contributed by atoms with E-state index in [4.69, 9.17) is 4.74 Å². The Morgan fingerprint density at radius 2 is 1.96 bits per heavy atom. The lowest BCUT2D eigenvalue weighted by molar-refractivity contribution is -0.118. The summed E-state index contributed by atoms with van der Waals surface area (Å²) in [5.41, 5.74) is 5.53. The van der Waals surface area contributed by atoms with Crippen LogP contribution in [-0.2, 0) is 14.6 Å². The molecule has 26 heavy (non-hydrogen) atoms. The Bertz CT molecular complexity index is 1050. The summed E-state index contributed by atoms with van der Waals surface area (Å²) < 4.78 is 43.2. The summed E-state index contributed by atoms with van der Waals surface area (Å²) in [6.07, 6.45) is 0. The largest absolute Gasteiger partial charge is 0.494 e. The molecule has 10 heteroatoms. The molecule has 2 N–H and O–H groups in total. The first kappa shape index (κ1) is 18.1. The Morgan fingerprint density at radius 1 is 1.23 bits per heavy atom. The SMILES string of the molecule is COc1cccc2sc(NNC(=O)CS(=O)(=O)c3ccc(F)cc3)nc12. The van der Waals surface area contributed by atoms with E-state index < -0.39 is 27.3 Å². The number of hydrazine groups is 1. The lowest BCUT2D eigenvalue weighted by Crippen LogP contribution is -2.34. The molecule has 1 heterocycles. The molecular weight excluding hydrogens is 381 g/mol. The summed E-state index contributed by atoms with van der Waals surface area (Å²) in [5.74, 6) is -1.50. The number of nitrogens with zero attached hydrogens (tertiary/aromatic N) is 1. The number of nitrogens with one attached hydrogen (secondary N) is 2. The number of aromatic nitrogens is 1. The van der Waals surface area contributed by atoms with Gasteiger partial charge in [0.2, 0.25) is 5.13 Å². The van der Waals surface area contributed by atoms with Crippen molar-refractivity contribution in [3.05, 3.63) is 48.3 Å². The second-order valence-electron chi connectivity index (χ2n) is 5.21. The first-order chi connectivity index (χ1) is 12.4. The van der Waals surface area contributed by atoms with E-state index in [-0.39, 0.29) is 4.90 Å². The van der Waals surface area contributed by atoms with Gasteiger partial charge in [0.15, 0.2) is 9.84 Å². The van der Waals surface area contributed by atoms with E-state index in [0.717, 1.165) is 29.0 Å². The second kappa shape index (κ2) is 7.26. The molecule has 0 aliphatic carbocycles. The van der Waals surface area contributed by atoms with Gasteiger partial charge < -0.3 is 4.74 Å². The van der Waals surface area contributed by atoms with Crippen LogP contribution in [0.15, 0.2) is 47.4 Å². The van der Waals surface area contributed by atoms with Crippen LogP contribution >= 0.6 is 11.3 Å². The molecule has 0 aliphatic heterocycles. The molecule has 0 spiro atoms. The van der Waals surface area contributed by atoms with Crippen molar-refractivity contribution < 1.29 is 22.3 Å². The summed E-state index contributed by atoms with van der Waals surface area (Å²) in [7, 11) is -2.34. The van der Waals surface area contributed by atoms with Crippen molar-refractivity contribution in [2.75, 3.05) is 18.3 Å². The van der Waals surface area contributed by atoms with Gasteiger partial charge >= 0.3 is 0 Å². The highest BCUT2D eigenvalue weighted by Crippen LogP contribution is 2.31. The smallest absolute Gasteiger partial charge is 0.253 e. The van der Waals surface area contributed by atoms with Crippen LogP contribution in [-0.4, -0.2) is 32.2 Å². The molecule has 0 saturated heterocycles. The zero-order valence-corrected chi connectivity index (χ0v) is 15.2. The highest BCUT2D eigenvalue weighted by molar-refractivity contribution is 7.92. The molecule has 3 aromatic rings. The quantitative estimate of drug-likeness (QED) is 0.491. The van der Waals surface area contributed by atoms with Crippen molar-refractivity contribution in [2.45, 2.75) is 4.90 Å². The Labute approximate surface area is 152 Å². The third-order valence-corrected chi connectivity index (χ3v) is 5.97. The van der Waals surface area contributed by atoms with Crippen LogP contribution in [0.5, 0.6) is 5.75 Å². The predicted molar refractivity (Wildman–Crippen MR) is 96.4 cm³/mol. The molecule has 0 bridgehead atoms. The van der Waals surface area contributed by atoms with Crippen molar-refractivity contribution >= 4 is 42.4 Å². The van der Waals surface area contributed by atoms with Gasteiger partial charge in [0, 0.05) is 0 Å². The minimum Gasteiger partial charge on any atom is -0.494 e. The van der Waals surface area contributed by atoms with Gasteiger partial charge in [-0.15, -0.1) is 0 Å². The van der Waals surface area contributed by atoms with E-state index in [1.54, 1.807) is 6.07 Å². The molecule has 0 radical (unpaired) electrons. The standard InChI is InChI=1S/C16H14FN3O4S2/c1-24-12-3-2-4-13-15(12)18-16(25-13)20-19-14(21)9-26(22,23)11-7-5-10(17)6-8-11/h2-8H,9H2,1H3,(H,18,20)(H,19,21). The molecule has 1 amide bonds. The first-order valence-electron chi connectivity index (χ1n) is 7.36. The molecular formula is C16H14FN3O4S2. The lowest BCUT2D eigenvalue weighted by atomic mass is 10.3. The normalized spacial score (nSPS) is 11.3. The van der Waals surface area contributed by atoms with Crippen molar-refractivity contribution in [1.29, 1.82) is 0 Å². The molecule has 0 saturated carbocycles. The molecule has 0 fully saturated rings. The van der Waals surface area contributed by atoms with Crippen LogP contribution in [0.3, 0.4) is 0 Å². The van der Waals surface area contributed by atoms with Crippen molar-refractivity contribution in [3.8, 4) is 5.75 Å². The zero-order valence-electron chi connectivity index (χ0n) is 13.5. The summed E-state index contributed by atoms with van der Waals surface area (Å²) >= 11 is 1.28. The second-order valence-corrected chi connectivity index (χ2v) is 8.23. The van der Waals surface area contributed by atoms with E-state index >= 15 is 0 Å². The number of para-hydroxylation sites is 1. The molecule has 0 atom stereocenters. The lowest BCUT2D eigenvalue weighted by Gasteiger charge is -2.06. The monoisotopic (exact) mass is 395 g/mol. The Morgan fingerprint density at radius 3 is 2.65 bits per heavy atom. The Hall–Kier alpha value is -2.72. The number of thiazole rings is 1. The minimum absolute atomic E-state index is 0.126. The minimum atomic E-state index is -3.87. The van der Waals surface area contributed by atoms with E-state index in [1.807, 2.05) is 12.1 Å². The third-order valence-electron chi connectivity index (χ3n) is 3.40. The van der Waals surface area contributed by atoms with E-state index in [0.29, 0.717) is 16.4 Å². The maximum atomic E-state index is 12.9. The summed E-state index contributed by atoms with van der Waals surface area (Å²) in [6, 6.07) is 9.71. The van der Waals surface area contributed by atoms with Gasteiger partial charge in [0.25, 0.3) is 5.91 Å². The van der Waals surface area contributed by atoms with Crippen molar-refractivity contribution in [2.24, 2.45) is 0 Å². The molecule has 136 valence electrons. The number of fused-ring (bicyclic) bond motifs is 1. The number of rotatable bonds is 6. The van der Waals surface area contributed by atoms with Gasteiger partial charge in [0.1, 0.15) is 22.8 Å². The number of anilines is 1. The summed E-state index contributed by atoms with van der Waals surface area (Å²) in [5, 5.41) is 0.386. The predicted octanol–water partition coefficient (Wildman–Crippen LogP) is 2.36. The van der Waals surface area contributed by atoms with Gasteiger partial charge in [-0.1, -0.05) is 17.4 Å². The van der Waals surface area contributed by atoms with Gasteiger partial charge in [-0.25, -0.2) is 17.8 Å². The van der Waals surface area contributed by atoms with Gasteiger partial charge in [0.05, 0.1) is 16.7 Å². The highest BCUT2D eigenvalue weighted by atomic mass is 32.2. The molecule has 7 nitrogen and oxygen atoms in total. The number of methoxy groups -OCH3 is 1.